The molecule has 6 nitrogen and oxygen atoms in total. The third-order valence-corrected chi connectivity index (χ3v) is 4.51. The lowest BCUT2D eigenvalue weighted by atomic mass is 9.92. The van der Waals surface area contributed by atoms with E-state index >= 15 is 0 Å². The summed E-state index contributed by atoms with van der Waals surface area (Å²) in [6, 6.07) is 10.7. The maximum absolute atomic E-state index is 12.1. The molecule has 1 fully saturated rings. The molecule has 0 saturated carbocycles. The fourth-order valence-electron chi connectivity index (χ4n) is 2.79. The van der Waals surface area contributed by atoms with Crippen molar-refractivity contribution >= 4 is 12.6 Å². The molecule has 0 bridgehead atoms. The zero-order valence-corrected chi connectivity index (χ0v) is 12.6. The number of nitrogens with zero attached hydrogens (tertiary/aromatic N) is 1. The van der Waals surface area contributed by atoms with Gasteiger partial charge in [0.1, 0.15) is 0 Å². The molecule has 0 amide bonds. The van der Waals surface area contributed by atoms with E-state index in [4.69, 9.17) is 17.4 Å². The minimum Gasteiger partial charge on any atom is -0.394 e. The number of thiol groups is 1. The molecule has 0 aliphatic carbocycles. The second-order valence-corrected chi connectivity index (χ2v) is 6.10. The lowest BCUT2D eigenvalue weighted by Crippen LogP contribution is -2.37. The molecule has 116 valence electrons. The highest BCUT2D eigenvalue weighted by Crippen LogP contribution is 2.49. The molecule has 2 N–H and O–H groups in total. The van der Waals surface area contributed by atoms with Crippen molar-refractivity contribution in [3.63, 3.8) is 0 Å². The van der Waals surface area contributed by atoms with Crippen molar-refractivity contribution in [1.29, 1.82) is 0 Å². The monoisotopic (exact) mass is 320 g/mol. The Morgan fingerprint density at radius 1 is 1.32 bits per heavy atom. The van der Waals surface area contributed by atoms with Crippen LogP contribution in [-0.4, -0.2) is 27.4 Å². The van der Waals surface area contributed by atoms with Gasteiger partial charge in [0, 0.05) is 12.3 Å². The predicted octanol–water partition coefficient (Wildman–Crippen LogP) is 0.642. The summed E-state index contributed by atoms with van der Waals surface area (Å²) in [5.74, 6) is 0. The van der Waals surface area contributed by atoms with Gasteiger partial charge in [-0.1, -0.05) is 30.3 Å². The Bertz CT molecular complexity index is 773. The average molecular weight is 320 g/mol. The molecular weight excluding hydrogens is 304 g/mol. The van der Waals surface area contributed by atoms with Crippen molar-refractivity contribution in [2.24, 2.45) is 0 Å². The molecule has 1 aromatic heterocycles. The van der Waals surface area contributed by atoms with Gasteiger partial charge in [-0.25, -0.2) is 4.79 Å². The molecule has 3 atom stereocenters. The molecule has 1 saturated heterocycles. The number of benzene rings is 1. The second kappa shape index (κ2) is 5.75. The Hall–Kier alpha value is -1.83. The van der Waals surface area contributed by atoms with E-state index < -0.39 is 28.3 Å². The second-order valence-electron chi connectivity index (χ2n) is 5.30. The Morgan fingerprint density at radius 2 is 2.05 bits per heavy atom. The van der Waals surface area contributed by atoms with Crippen LogP contribution in [0.25, 0.3) is 0 Å². The minimum absolute atomic E-state index is 0.163. The van der Waals surface area contributed by atoms with Crippen LogP contribution < -0.4 is 11.2 Å². The van der Waals surface area contributed by atoms with E-state index in [-0.39, 0.29) is 6.61 Å². The number of nitrogens with one attached hydrogen (secondary N) is 1. The van der Waals surface area contributed by atoms with Gasteiger partial charge in [0.2, 0.25) is 0 Å². The van der Waals surface area contributed by atoms with Crippen molar-refractivity contribution in [2.75, 3.05) is 6.61 Å². The number of H-pyrrole nitrogens is 1. The van der Waals surface area contributed by atoms with Crippen LogP contribution in [0, 0.1) is 0 Å². The number of aliphatic hydroxyl groups is 1. The number of ether oxygens (including phenoxy) is 1. The Kier molecular flexibility index (Phi) is 3.94. The lowest BCUT2D eigenvalue weighted by Gasteiger charge is -2.30. The van der Waals surface area contributed by atoms with Crippen LogP contribution >= 0.6 is 12.6 Å². The van der Waals surface area contributed by atoms with Crippen LogP contribution in [0.3, 0.4) is 0 Å². The summed E-state index contributed by atoms with van der Waals surface area (Å²) < 4.78 is 6.32. The quantitative estimate of drug-likeness (QED) is 0.725. The van der Waals surface area contributed by atoms with Crippen molar-refractivity contribution in [3.05, 3.63) is 69.0 Å². The molecular formula is C15H16N2O4S. The number of rotatable bonds is 3. The zero-order chi connectivity index (χ0) is 15.7. The van der Waals surface area contributed by atoms with E-state index in [2.05, 4.69) is 4.98 Å². The van der Waals surface area contributed by atoms with Crippen LogP contribution in [0.4, 0.5) is 0 Å². The van der Waals surface area contributed by atoms with Crippen LogP contribution in [0.5, 0.6) is 0 Å². The number of aliphatic hydroxyl groups excluding tert-OH is 1. The van der Waals surface area contributed by atoms with E-state index in [0.717, 1.165) is 5.56 Å². The first-order chi connectivity index (χ1) is 10.5. The highest BCUT2D eigenvalue weighted by Gasteiger charge is 2.48. The SMILES string of the molecule is O=c1ccn([C@@H]2O[C@H](CO)C[C@]2(S)c2ccccc2)c(=O)[nH]1. The van der Waals surface area contributed by atoms with Gasteiger partial charge in [0.05, 0.1) is 17.5 Å². The van der Waals surface area contributed by atoms with Gasteiger partial charge >= 0.3 is 5.69 Å². The summed E-state index contributed by atoms with van der Waals surface area (Å²) >= 11 is 4.78. The summed E-state index contributed by atoms with van der Waals surface area (Å²) in [6.07, 6.45) is 0.688. The Labute approximate surface area is 131 Å². The van der Waals surface area contributed by atoms with E-state index in [0.29, 0.717) is 6.42 Å². The van der Waals surface area contributed by atoms with Crippen molar-refractivity contribution < 1.29 is 9.84 Å². The first-order valence-electron chi connectivity index (χ1n) is 6.90. The summed E-state index contributed by atoms with van der Waals surface area (Å²) in [5.41, 5.74) is -0.148. The number of aromatic nitrogens is 2. The highest BCUT2D eigenvalue weighted by molar-refractivity contribution is 7.81. The molecule has 1 aliphatic heterocycles. The lowest BCUT2D eigenvalue weighted by molar-refractivity contribution is -0.0314. The van der Waals surface area contributed by atoms with Crippen molar-refractivity contribution in [3.8, 4) is 0 Å². The molecule has 2 aromatic rings. The van der Waals surface area contributed by atoms with Crippen LogP contribution in [-0.2, 0) is 9.48 Å². The van der Waals surface area contributed by atoms with E-state index in [1.807, 2.05) is 30.3 Å². The molecule has 1 aliphatic rings. The Morgan fingerprint density at radius 3 is 2.68 bits per heavy atom. The van der Waals surface area contributed by atoms with Gasteiger partial charge in [-0.2, -0.15) is 12.6 Å². The van der Waals surface area contributed by atoms with Gasteiger partial charge in [0.15, 0.2) is 6.23 Å². The van der Waals surface area contributed by atoms with Crippen LogP contribution in [0.1, 0.15) is 18.2 Å². The fraction of sp³-hybridized carbons (Fsp3) is 0.333. The minimum atomic E-state index is -0.781. The van der Waals surface area contributed by atoms with Crippen LogP contribution in [0.15, 0.2) is 52.2 Å². The Balaban J connectivity index is 2.11. The molecule has 22 heavy (non-hydrogen) atoms. The standard InChI is InChI=1S/C15H16N2O4S/c18-9-11-8-15(22,10-4-2-1-3-5-10)13(21-11)17-7-6-12(19)16-14(17)20/h1-7,11,13,18,22H,8-9H2,(H,16,19,20)/t11-,13+,15-/m0/s1. The van der Waals surface area contributed by atoms with E-state index in [1.165, 1.54) is 16.8 Å². The van der Waals surface area contributed by atoms with E-state index in [9.17, 15) is 14.7 Å². The van der Waals surface area contributed by atoms with Crippen LogP contribution in [0.2, 0.25) is 0 Å². The summed E-state index contributed by atoms with van der Waals surface area (Å²) in [6.45, 7) is -0.163. The molecule has 1 aromatic carbocycles. The fourth-order valence-corrected chi connectivity index (χ4v) is 3.33. The average Bonchev–Trinajstić information content (AvgIpc) is 2.87. The third kappa shape index (κ3) is 2.51. The molecule has 0 unspecified atom stereocenters. The molecule has 0 radical (unpaired) electrons. The zero-order valence-electron chi connectivity index (χ0n) is 11.7. The maximum atomic E-state index is 12.1. The van der Waals surface area contributed by atoms with Gasteiger partial charge < -0.3 is 9.84 Å². The number of hydrogen-bond acceptors (Lipinski definition) is 5. The molecule has 7 heteroatoms. The third-order valence-electron chi connectivity index (χ3n) is 3.85. The number of aromatic amines is 1. The van der Waals surface area contributed by atoms with E-state index in [1.54, 1.807) is 0 Å². The largest absolute Gasteiger partial charge is 0.394 e. The number of hydrogen-bond donors (Lipinski definition) is 3. The van der Waals surface area contributed by atoms with Gasteiger partial charge in [-0.05, 0) is 12.0 Å². The normalized spacial score (nSPS) is 27.9. The maximum Gasteiger partial charge on any atom is 0.330 e. The first kappa shape index (κ1) is 15.1. The topological polar surface area (TPSA) is 84.3 Å². The van der Waals surface area contributed by atoms with Gasteiger partial charge in [-0.3, -0.25) is 14.3 Å². The van der Waals surface area contributed by atoms with Gasteiger partial charge in [-0.15, -0.1) is 0 Å². The predicted molar refractivity (Wildman–Crippen MR) is 84.0 cm³/mol. The van der Waals surface area contributed by atoms with Gasteiger partial charge in [0.25, 0.3) is 5.56 Å². The summed E-state index contributed by atoms with van der Waals surface area (Å²) in [4.78, 5) is 25.5. The first-order valence-corrected chi connectivity index (χ1v) is 7.35. The smallest absolute Gasteiger partial charge is 0.330 e. The summed E-state index contributed by atoms with van der Waals surface area (Å²) in [7, 11) is 0. The highest BCUT2D eigenvalue weighted by atomic mass is 32.1. The molecule has 0 spiro atoms. The molecule has 2 heterocycles. The summed E-state index contributed by atoms with van der Waals surface area (Å²) in [5, 5.41) is 9.42. The van der Waals surface area contributed by atoms with Crippen molar-refractivity contribution in [2.45, 2.75) is 23.5 Å². The molecule has 3 rings (SSSR count). The van der Waals surface area contributed by atoms with Crippen molar-refractivity contribution in [1.82, 2.24) is 9.55 Å².